The predicted octanol–water partition coefficient (Wildman–Crippen LogP) is 6.05. The van der Waals surface area contributed by atoms with E-state index in [1.165, 1.54) is 37.7 Å². The molecule has 1 aromatic rings. The Kier molecular flexibility index (Phi) is 4.33. The van der Waals surface area contributed by atoms with E-state index in [1.54, 1.807) is 0 Å². The Morgan fingerprint density at radius 1 is 1.00 bits per heavy atom. The average Bonchev–Trinajstić information content (AvgIpc) is 3.42. The Labute approximate surface area is 168 Å². The molecule has 0 spiro atoms. The molecule has 0 saturated heterocycles. The minimum Gasteiger partial charge on any atom is -0.256 e. The summed E-state index contributed by atoms with van der Waals surface area (Å²) in [4.78, 5) is 3.21. The summed E-state index contributed by atoms with van der Waals surface area (Å²) >= 11 is 0. The lowest BCUT2D eigenvalue weighted by Crippen LogP contribution is -2.36. The van der Waals surface area contributed by atoms with Gasteiger partial charge in [0.15, 0.2) is 0 Å². The lowest BCUT2D eigenvalue weighted by atomic mass is 9.62. The van der Waals surface area contributed by atoms with Crippen molar-refractivity contribution >= 4 is 15.6 Å². The molecule has 0 aromatic heterocycles. The van der Waals surface area contributed by atoms with E-state index >= 15 is 0 Å². The van der Waals surface area contributed by atoms with E-state index in [0.29, 0.717) is 10.8 Å². The van der Waals surface area contributed by atoms with Gasteiger partial charge >= 0.3 is 0 Å². The highest BCUT2D eigenvalue weighted by molar-refractivity contribution is 7.99. The maximum Gasteiger partial charge on any atom is 0.0796 e. The molecule has 1 aromatic carbocycles. The van der Waals surface area contributed by atoms with Crippen LogP contribution in [0.5, 0.6) is 0 Å². The normalized spacial score (nSPS) is 45.7. The largest absolute Gasteiger partial charge is 0.256 e. The topological polar surface area (TPSA) is 65.8 Å². The maximum absolute atomic E-state index is 12.4. The molecule has 0 heterocycles. The van der Waals surface area contributed by atoms with Crippen LogP contribution in [0.2, 0.25) is 0 Å². The van der Waals surface area contributed by atoms with Gasteiger partial charge in [-0.1, -0.05) is 26.0 Å². The zero-order valence-corrected chi connectivity index (χ0v) is 17.7. The molecule has 4 aliphatic rings. The molecule has 28 heavy (non-hydrogen) atoms. The Morgan fingerprint density at radius 2 is 1.68 bits per heavy atom. The van der Waals surface area contributed by atoms with E-state index in [1.807, 2.05) is 12.1 Å². The second-order valence-electron chi connectivity index (χ2n) is 10.1. The van der Waals surface area contributed by atoms with Crippen LogP contribution in [0.3, 0.4) is 0 Å². The first-order chi connectivity index (χ1) is 13.4. The second kappa shape index (κ2) is 6.53. The summed E-state index contributed by atoms with van der Waals surface area (Å²) in [6.45, 7) is 5.07. The van der Waals surface area contributed by atoms with Gasteiger partial charge in [0.25, 0.3) is 0 Å². The lowest BCUT2D eigenvalue weighted by Gasteiger charge is -2.43. The average molecular weight is 398 g/mol. The quantitative estimate of drug-likeness (QED) is 0.264. The number of nitrogens with zero attached hydrogens (tertiary/aromatic N) is 3. The molecule has 4 aliphatic carbocycles. The van der Waals surface area contributed by atoms with Gasteiger partial charge in [-0.15, -0.1) is 0 Å². The van der Waals surface area contributed by atoms with Crippen molar-refractivity contribution in [1.82, 2.24) is 0 Å². The minimum atomic E-state index is -2.89. The monoisotopic (exact) mass is 397 g/mol. The molecule has 4 nitrogen and oxygen atoms in total. The van der Waals surface area contributed by atoms with Gasteiger partial charge in [-0.2, -0.15) is 0 Å². The third kappa shape index (κ3) is 2.66. The van der Waals surface area contributed by atoms with Crippen LogP contribution in [0.15, 0.2) is 33.7 Å². The zero-order valence-electron chi connectivity index (χ0n) is 16.9. The molecule has 4 fully saturated rings. The zero-order chi connectivity index (χ0) is 19.6. The molecule has 4 saturated carbocycles. The second-order valence-corrected chi connectivity index (χ2v) is 12.0. The lowest BCUT2D eigenvalue weighted by molar-refractivity contribution is 0.0707. The molecule has 4 bridgehead atoms. The first-order valence-corrected chi connectivity index (χ1v) is 12.6. The van der Waals surface area contributed by atoms with Crippen LogP contribution in [0.25, 0.3) is 10.4 Å². The molecule has 0 radical (unpaired) electrons. The third-order valence-electron chi connectivity index (χ3n) is 9.17. The molecule has 10 atom stereocenters. The number of rotatable bonds is 4. The van der Waals surface area contributed by atoms with Crippen LogP contribution in [-0.2, 0) is 9.71 Å². The van der Waals surface area contributed by atoms with Gasteiger partial charge in [0.05, 0.1) is 9.71 Å². The molecule has 5 heteroatoms. The molecule has 10 unspecified atom stereocenters. The van der Waals surface area contributed by atoms with Crippen molar-refractivity contribution in [2.24, 2.45) is 51.9 Å². The van der Waals surface area contributed by atoms with Crippen molar-refractivity contribution in [1.29, 1.82) is 0 Å². The van der Waals surface area contributed by atoms with Crippen molar-refractivity contribution < 1.29 is 4.21 Å². The minimum absolute atomic E-state index is 0.527. The van der Waals surface area contributed by atoms with Crippen LogP contribution in [0.1, 0.15) is 57.4 Å². The summed E-state index contributed by atoms with van der Waals surface area (Å²) in [5, 5.41) is 0. The van der Waals surface area contributed by atoms with E-state index in [9.17, 15) is 4.21 Å². The smallest absolute Gasteiger partial charge is 0.0796 e. The van der Waals surface area contributed by atoms with E-state index < -0.39 is 9.71 Å². The first kappa shape index (κ1) is 18.6. The Bertz CT molecular complexity index is 914. The Morgan fingerprint density at radius 3 is 2.29 bits per heavy atom. The van der Waals surface area contributed by atoms with Crippen LogP contribution in [0, 0.1) is 47.3 Å². The van der Waals surface area contributed by atoms with Gasteiger partial charge in [-0.3, -0.25) is 4.21 Å². The van der Waals surface area contributed by atoms with Crippen LogP contribution in [-0.4, -0.2) is 10.1 Å². The molecular formula is C23H31N3OS. The summed E-state index contributed by atoms with van der Waals surface area (Å²) in [7, 11) is -2.89. The fraction of sp³-hybridized carbons (Fsp3) is 0.696. The maximum atomic E-state index is 12.4. The van der Waals surface area contributed by atoms with E-state index in [4.69, 9.17) is 5.53 Å². The molecule has 5 rings (SSSR count). The highest BCUT2D eigenvalue weighted by atomic mass is 32.2. The van der Waals surface area contributed by atoms with Crippen molar-refractivity contribution in [3.63, 3.8) is 0 Å². The SMILES string of the molecule is C=S(=O)(N=[N+]=[N-])c1ccc(C2CC3CC2C(C)C3C2C3CCC(C3)C2C)cc1. The summed E-state index contributed by atoms with van der Waals surface area (Å²) in [5.41, 5.74) is 9.96. The van der Waals surface area contributed by atoms with Gasteiger partial charge in [-0.05, 0) is 119 Å². The third-order valence-corrected chi connectivity index (χ3v) is 10.5. The molecule has 0 N–H and O–H groups in total. The molecule has 0 aliphatic heterocycles. The van der Waals surface area contributed by atoms with E-state index in [2.05, 4.69) is 41.3 Å². The number of fused-ring (bicyclic) bond motifs is 4. The highest BCUT2D eigenvalue weighted by Gasteiger charge is 2.58. The number of azide groups is 1. The Hall–Kier alpha value is -1.45. The van der Waals surface area contributed by atoms with Crippen molar-refractivity contribution in [3.8, 4) is 0 Å². The summed E-state index contributed by atoms with van der Waals surface area (Å²) < 4.78 is 15.7. The summed E-state index contributed by atoms with van der Waals surface area (Å²) in [5.74, 6) is 11.6. The number of hydrogen-bond acceptors (Lipinski definition) is 1. The van der Waals surface area contributed by atoms with Crippen molar-refractivity contribution in [2.75, 3.05) is 0 Å². The van der Waals surface area contributed by atoms with Crippen molar-refractivity contribution in [3.05, 3.63) is 40.3 Å². The molecule has 0 amide bonds. The number of hydrogen-bond donors (Lipinski definition) is 0. The van der Waals surface area contributed by atoms with Crippen molar-refractivity contribution in [2.45, 2.75) is 56.8 Å². The predicted molar refractivity (Wildman–Crippen MR) is 114 cm³/mol. The van der Waals surface area contributed by atoms with Gasteiger partial charge in [0.1, 0.15) is 0 Å². The van der Waals surface area contributed by atoms with Gasteiger partial charge in [-0.25, -0.2) is 0 Å². The van der Waals surface area contributed by atoms with Crippen LogP contribution >= 0.6 is 0 Å². The van der Waals surface area contributed by atoms with Gasteiger partial charge in [0, 0.05) is 9.81 Å². The first-order valence-electron chi connectivity index (χ1n) is 10.9. The highest BCUT2D eigenvalue weighted by Crippen LogP contribution is 2.66. The standard InChI is InChI=1S/C23H31N3OS/c1-13-16-4-5-17(10-16)22(13)23-14(2)20-11-18(23)12-21(20)15-6-8-19(9-7-15)28(3,27)26-25-24/h6-9,13-14,16-18,20-23H,3-5,10-12H2,1-2H3. The van der Waals surface area contributed by atoms with Crippen LogP contribution in [0.4, 0.5) is 0 Å². The summed E-state index contributed by atoms with van der Waals surface area (Å²) in [6, 6.07) is 7.90. The van der Waals surface area contributed by atoms with Crippen LogP contribution < -0.4 is 0 Å². The van der Waals surface area contributed by atoms with Gasteiger partial charge in [0.2, 0.25) is 0 Å². The summed E-state index contributed by atoms with van der Waals surface area (Å²) in [6.07, 6.45) is 7.19. The molecule has 150 valence electrons. The van der Waals surface area contributed by atoms with Gasteiger partial charge < -0.3 is 0 Å². The van der Waals surface area contributed by atoms with E-state index in [-0.39, 0.29) is 0 Å². The fourth-order valence-corrected chi connectivity index (χ4v) is 8.86. The Balaban J connectivity index is 1.35. The fourth-order valence-electron chi connectivity index (χ4n) is 8.09. The van der Waals surface area contributed by atoms with E-state index in [0.717, 1.165) is 47.3 Å². The molecular weight excluding hydrogens is 366 g/mol. The number of benzene rings is 1.